The van der Waals surface area contributed by atoms with Crippen LogP contribution < -0.4 is 5.43 Å². The molecule has 0 aromatic rings. The molecule has 1 aliphatic heterocycles. The Hall–Kier alpha value is -0.570. The number of hydrogen-bond acceptors (Lipinski definition) is 2. The molecular formula is C25H48N2O. The van der Waals surface area contributed by atoms with Gasteiger partial charge >= 0.3 is 0 Å². The van der Waals surface area contributed by atoms with Gasteiger partial charge in [0.25, 0.3) is 0 Å². The largest absolute Gasteiger partial charge is 0.288 e. The summed E-state index contributed by atoms with van der Waals surface area (Å²) in [6, 6.07) is 0.610. The van der Waals surface area contributed by atoms with E-state index in [9.17, 15) is 4.79 Å². The van der Waals surface area contributed by atoms with E-state index in [4.69, 9.17) is 0 Å². The average Bonchev–Trinajstić information content (AvgIpc) is 3.09. The van der Waals surface area contributed by atoms with Crippen molar-refractivity contribution in [3.8, 4) is 0 Å². The molecule has 1 atom stereocenters. The Labute approximate surface area is 175 Å². The van der Waals surface area contributed by atoms with E-state index in [2.05, 4.69) is 17.4 Å². The molecule has 0 spiro atoms. The monoisotopic (exact) mass is 392 g/mol. The van der Waals surface area contributed by atoms with Crippen LogP contribution in [0.2, 0.25) is 0 Å². The molecule has 1 unspecified atom stereocenters. The van der Waals surface area contributed by atoms with Crippen LogP contribution in [0.25, 0.3) is 0 Å². The van der Waals surface area contributed by atoms with E-state index in [1.165, 1.54) is 122 Å². The molecular weight excluding hydrogens is 344 g/mol. The quantitative estimate of drug-likeness (QED) is 0.283. The summed E-state index contributed by atoms with van der Waals surface area (Å²) in [4.78, 5) is 12.2. The molecule has 0 aromatic carbocycles. The third-order valence-electron chi connectivity index (χ3n) is 6.96. The fourth-order valence-electron chi connectivity index (χ4n) is 5.04. The van der Waals surface area contributed by atoms with Gasteiger partial charge in [-0.15, -0.1) is 0 Å². The maximum atomic E-state index is 12.2. The Morgan fingerprint density at radius 3 is 1.79 bits per heavy atom. The van der Waals surface area contributed by atoms with E-state index in [-0.39, 0.29) is 5.92 Å². The Morgan fingerprint density at radius 2 is 1.25 bits per heavy atom. The second kappa shape index (κ2) is 15.3. The third-order valence-corrected chi connectivity index (χ3v) is 6.96. The lowest BCUT2D eigenvalue weighted by molar-refractivity contribution is -0.124. The molecule has 1 saturated carbocycles. The van der Waals surface area contributed by atoms with Crippen LogP contribution in [-0.2, 0) is 4.79 Å². The molecule has 0 radical (unpaired) electrons. The fourth-order valence-corrected chi connectivity index (χ4v) is 5.04. The number of carbonyl (C=O) groups excluding carboxylic acids is 1. The van der Waals surface area contributed by atoms with Crippen molar-refractivity contribution in [1.29, 1.82) is 0 Å². The highest BCUT2D eigenvalue weighted by Gasteiger charge is 2.34. The molecule has 0 aromatic heterocycles. The molecule has 0 bridgehead atoms. The Bertz CT molecular complexity index is 392. The van der Waals surface area contributed by atoms with Gasteiger partial charge < -0.3 is 0 Å². The van der Waals surface area contributed by atoms with Crippen LogP contribution in [0.3, 0.4) is 0 Å². The molecule has 1 aliphatic carbocycles. The normalized spacial score (nSPS) is 21.3. The zero-order chi connectivity index (χ0) is 19.9. The van der Waals surface area contributed by atoms with Gasteiger partial charge in [-0.1, -0.05) is 116 Å². The maximum absolute atomic E-state index is 12.2. The lowest BCUT2D eigenvalue weighted by atomic mass is 9.94. The van der Waals surface area contributed by atoms with E-state index < -0.39 is 0 Å². The number of amides is 1. The van der Waals surface area contributed by atoms with Gasteiger partial charge in [0.15, 0.2) is 0 Å². The van der Waals surface area contributed by atoms with Gasteiger partial charge in [-0.3, -0.25) is 10.2 Å². The lowest BCUT2D eigenvalue weighted by Crippen LogP contribution is -2.42. The first-order valence-electron chi connectivity index (χ1n) is 12.9. The topological polar surface area (TPSA) is 32.3 Å². The van der Waals surface area contributed by atoms with Crippen molar-refractivity contribution in [2.24, 2.45) is 5.92 Å². The van der Waals surface area contributed by atoms with Crippen molar-refractivity contribution >= 4 is 5.91 Å². The van der Waals surface area contributed by atoms with Crippen molar-refractivity contribution < 1.29 is 4.79 Å². The number of hydrogen-bond donors (Lipinski definition) is 1. The summed E-state index contributed by atoms with van der Waals surface area (Å²) < 4.78 is 0. The molecule has 2 aliphatic rings. The molecule has 3 nitrogen and oxygen atoms in total. The summed E-state index contributed by atoms with van der Waals surface area (Å²) in [5, 5.41) is 2.27. The minimum absolute atomic E-state index is 0.249. The SMILES string of the molecule is CCCCCCCCCCCCCCCCC1CN(C2CCCCC2)NC1=O. The van der Waals surface area contributed by atoms with E-state index in [0.717, 1.165) is 13.0 Å². The summed E-state index contributed by atoms with van der Waals surface area (Å²) >= 11 is 0. The summed E-state index contributed by atoms with van der Waals surface area (Å²) in [6.45, 7) is 3.25. The van der Waals surface area contributed by atoms with Crippen LogP contribution in [0, 0.1) is 5.92 Å². The third kappa shape index (κ3) is 9.76. The van der Waals surface area contributed by atoms with Gasteiger partial charge in [0.2, 0.25) is 5.91 Å². The van der Waals surface area contributed by atoms with Crippen LogP contribution in [0.5, 0.6) is 0 Å². The highest BCUT2D eigenvalue weighted by Crippen LogP contribution is 2.26. The van der Waals surface area contributed by atoms with Gasteiger partial charge in [-0.2, -0.15) is 0 Å². The Kier molecular flexibility index (Phi) is 12.9. The molecule has 2 fully saturated rings. The number of unbranched alkanes of at least 4 members (excludes halogenated alkanes) is 13. The number of nitrogens with zero attached hydrogens (tertiary/aromatic N) is 1. The fraction of sp³-hybridized carbons (Fsp3) is 0.960. The molecule has 1 amide bonds. The predicted octanol–water partition coefficient (Wildman–Crippen LogP) is 7.15. The molecule has 28 heavy (non-hydrogen) atoms. The number of carbonyl (C=O) groups is 1. The Morgan fingerprint density at radius 1 is 0.750 bits per heavy atom. The second-order valence-electron chi connectivity index (χ2n) is 9.50. The van der Waals surface area contributed by atoms with Crippen molar-refractivity contribution in [2.75, 3.05) is 6.54 Å². The molecule has 1 N–H and O–H groups in total. The van der Waals surface area contributed by atoms with Gasteiger partial charge in [0, 0.05) is 12.6 Å². The van der Waals surface area contributed by atoms with Gasteiger partial charge in [-0.25, -0.2) is 5.01 Å². The first-order valence-corrected chi connectivity index (χ1v) is 12.9. The summed E-state index contributed by atoms with van der Waals surface area (Å²) in [7, 11) is 0. The van der Waals surface area contributed by atoms with Gasteiger partial charge in [0.1, 0.15) is 0 Å². The van der Waals surface area contributed by atoms with Crippen molar-refractivity contribution in [3.05, 3.63) is 0 Å². The highest BCUT2D eigenvalue weighted by molar-refractivity contribution is 5.80. The zero-order valence-electron chi connectivity index (χ0n) is 18.9. The highest BCUT2D eigenvalue weighted by atomic mass is 16.2. The van der Waals surface area contributed by atoms with E-state index in [1.807, 2.05) is 0 Å². The van der Waals surface area contributed by atoms with E-state index >= 15 is 0 Å². The van der Waals surface area contributed by atoms with Crippen molar-refractivity contribution in [2.45, 2.75) is 141 Å². The Balaban J connectivity index is 1.36. The van der Waals surface area contributed by atoms with Gasteiger partial charge in [0.05, 0.1) is 5.92 Å². The number of nitrogens with one attached hydrogen (secondary N) is 1. The first-order chi connectivity index (χ1) is 13.8. The summed E-state index contributed by atoms with van der Waals surface area (Å²) in [6.07, 6.45) is 27.3. The molecule has 2 rings (SSSR count). The molecule has 1 saturated heterocycles. The minimum atomic E-state index is 0.249. The van der Waals surface area contributed by atoms with E-state index in [1.54, 1.807) is 0 Å². The van der Waals surface area contributed by atoms with E-state index in [0.29, 0.717) is 11.9 Å². The second-order valence-corrected chi connectivity index (χ2v) is 9.50. The van der Waals surface area contributed by atoms with Crippen LogP contribution in [0.15, 0.2) is 0 Å². The minimum Gasteiger partial charge on any atom is -0.288 e. The van der Waals surface area contributed by atoms with Crippen LogP contribution >= 0.6 is 0 Å². The molecule has 3 heteroatoms. The standard InChI is InChI=1S/C25H48N2O/c1-2-3-4-5-6-7-8-9-10-11-12-13-14-16-19-23-22-27(26-25(23)28)24-20-17-15-18-21-24/h23-24H,2-22H2,1H3,(H,26,28). The van der Waals surface area contributed by atoms with Crippen LogP contribution in [-0.4, -0.2) is 23.5 Å². The summed E-state index contributed by atoms with van der Waals surface area (Å²) in [5.41, 5.74) is 3.17. The smallest absolute Gasteiger partial charge is 0.238 e. The number of rotatable bonds is 16. The van der Waals surface area contributed by atoms with Crippen LogP contribution in [0.1, 0.15) is 135 Å². The lowest BCUT2D eigenvalue weighted by Gasteiger charge is -2.30. The van der Waals surface area contributed by atoms with Gasteiger partial charge in [-0.05, 0) is 19.3 Å². The predicted molar refractivity (Wildman–Crippen MR) is 120 cm³/mol. The van der Waals surface area contributed by atoms with Crippen molar-refractivity contribution in [1.82, 2.24) is 10.4 Å². The number of hydrazine groups is 1. The average molecular weight is 393 g/mol. The summed E-state index contributed by atoms with van der Waals surface area (Å²) in [5.74, 6) is 0.541. The van der Waals surface area contributed by atoms with Crippen LogP contribution in [0.4, 0.5) is 0 Å². The first kappa shape index (κ1) is 23.7. The molecule has 1 heterocycles. The molecule has 164 valence electrons. The van der Waals surface area contributed by atoms with Crippen molar-refractivity contribution in [3.63, 3.8) is 0 Å². The zero-order valence-corrected chi connectivity index (χ0v) is 18.9. The maximum Gasteiger partial charge on any atom is 0.238 e.